The Morgan fingerprint density at radius 3 is 2.56 bits per heavy atom. The summed E-state index contributed by atoms with van der Waals surface area (Å²) >= 11 is 3.50. The van der Waals surface area contributed by atoms with Gasteiger partial charge in [-0.2, -0.15) is 0 Å². The monoisotopic (exact) mass is 278 g/mol. The van der Waals surface area contributed by atoms with E-state index in [0.29, 0.717) is 6.61 Å². The Balaban J connectivity index is 2.46. The molecule has 0 aliphatic rings. The Kier molecular flexibility index (Phi) is 3.25. The highest BCUT2D eigenvalue weighted by molar-refractivity contribution is 9.10. The number of carbonyl (C=O) groups excluding carboxylic acids is 1. The average molecular weight is 279 g/mol. The summed E-state index contributed by atoms with van der Waals surface area (Å²) in [7, 11) is 0. The van der Waals surface area contributed by atoms with Crippen LogP contribution in [0.4, 0.5) is 0 Å². The van der Waals surface area contributed by atoms with E-state index in [1.165, 1.54) is 6.92 Å². The molecule has 0 aromatic heterocycles. The molecule has 0 bridgehead atoms. The summed E-state index contributed by atoms with van der Waals surface area (Å²) < 4.78 is 6.07. The van der Waals surface area contributed by atoms with E-state index in [1.54, 1.807) is 0 Å². The van der Waals surface area contributed by atoms with E-state index in [4.69, 9.17) is 4.74 Å². The normalized spacial score (nSPS) is 10.4. The van der Waals surface area contributed by atoms with Crippen LogP contribution in [-0.2, 0) is 16.1 Å². The van der Waals surface area contributed by atoms with Crippen molar-refractivity contribution in [3.05, 3.63) is 46.4 Å². The SMILES string of the molecule is CC(=O)OCc1ccc(Br)c2ccccc12. The molecule has 0 spiro atoms. The maximum atomic E-state index is 10.8. The minimum Gasteiger partial charge on any atom is -0.461 e. The Hall–Kier alpha value is -1.35. The Labute approximate surface area is 102 Å². The highest BCUT2D eigenvalue weighted by Gasteiger charge is 2.04. The van der Waals surface area contributed by atoms with Crippen molar-refractivity contribution in [1.82, 2.24) is 0 Å². The zero-order valence-corrected chi connectivity index (χ0v) is 10.5. The molecular weight excluding hydrogens is 268 g/mol. The highest BCUT2D eigenvalue weighted by atomic mass is 79.9. The third-order valence-electron chi connectivity index (χ3n) is 2.39. The number of hydrogen-bond donors (Lipinski definition) is 0. The van der Waals surface area contributed by atoms with Crippen LogP contribution in [-0.4, -0.2) is 5.97 Å². The second-order valence-electron chi connectivity index (χ2n) is 3.53. The lowest BCUT2D eigenvalue weighted by Gasteiger charge is -2.08. The van der Waals surface area contributed by atoms with Crippen molar-refractivity contribution in [3.63, 3.8) is 0 Å². The summed E-state index contributed by atoms with van der Waals surface area (Å²) in [6.45, 7) is 1.74. The van der Waals surface area contributed by atoms with Crippen LogP contribution < -0.4 is 0 Å². The topological polar surface area (TPSA) is 26.3 Å². The van der Waals surface area contributed by atoms with Gasteiger partial charge in [-0.15, -0.1) is 0 Å². The average Bonchev–Trinajstić information content (AvgIpc) is 2.28. The van der Waals surface area contributed by atoms with E-state index in [2.05, 4.69) is 15.9 Å². The van der Waals surface area contributed by atoms with Gasteiger partial charge in [-0.1, -0.05) is 46.3 Å². The zero-order valence-electron chi connectivity index (χ0n) is 8.87. The van der Waals surface area contributed by atoms with Gasteiger partial charge in [-0.3, -0.25) is 4.79 Å². The third kappa shape index (κ3) is 2.25. The van der Waals surface area contributed by atoms with E-state index in [0.717, 1.165) is 20.8 Å². The molecule has 0 saturated heterocycles. The Bertz CT molecular complexity index is 534. The maximum absolute atomic E-state index is 10.8. The van der Waals surface area contributed by atoms with Crippen LogP contribution in [0.1, 0.15) is 12.5 Å². The maximum Gasteiger partial charge on any atom is 0.302 e. The highest BCUT2D eigenvalue weighted by Crippen LogP contribution is 2.27. The molecule has 2 nitrogen and oxygen atoms in total. The first kappa shape index (κ1) is 11.1. The van der Waals surface area contributed by atoms with Gasteiger partial charge < -0.3 is 4.74 Å². The lowest BCUT2D eigenvalue weighted by Crippen LogP contribution is -1.99. The molecule has 0 aliphatic heterocycles. The molecule has 2 rings (SSSR count). The second kappa shape index (κ2) is 4.66. The van der Waals surface area contributed by atoms with Crippen molar-refractivity contribution in [1.29, 1.82) is 0 Å². The fourth-order valence-corrected chi connectivity index (χ4v) is 2.11. The number of hydrogen-bond acceptors (Lipinski definition) is 2. The molecule has 0 aliphatic carbocycles. The van der Waals surface area contributed by atoms with Gasteiger partial charge in [-0.25, -0.2) is 0 Å². The van der Waals surface area contributed by atoms with Crippen molar-refractivity contribution in [2.75, 3.05) is 0 Å². The number of rotatable bonds is 2. The van der Waals surface area contributed by atoms with Gasteiger partial charge >= 0.3 is 5.97 Å². The molecule has 82 valence electrons. The minimum atomic E-state index is -0.257. The first-order valence-corrected chi connectivity index (χ1v) is 5.77. The first-order chi connectivity index (χ1) is 7.68. The Morgan fingerprint density at radius 1 is 1.19 bits per heavy atom. The van der Waals surface area contributed by atoms with Crippen molar-refractivity contribution in [3.8, 4) is 0 Å². The van der Waals surface area contributed by atoms with Gasteiger partial charge in [0.1, 0.15) is 6.61 Å². The van der Waals surface area contributed by atoms with Crippen LogP contribution in [0.25, 0.3) is 10.8 Å². The molecular formula is C13H11BrO2. The quantitative estimate of drug-likeness (QED) is 0.784. The van der Waals surface area contributed by atoms with Crippen LogP contribution in [0, 0.1) is 0 Å². The van der Waals surface area contributed by atoms with Gasteiger partial charge in [-0.05, 0) is 22.4 Å². The number of benzene rings is 2. The summed E-state index contributed by atoms with van der Waals surface area (Å²) in [5, 5.41) is 2.24. The van der Waals surface area contributed by atoms with Crippen molar-refractivity contribution < 1.29 is 9.53 Å². The summed E-state index contributed by atoms with van der Waals surface area (Å²) in [4.78, 5) is 10.8. The van der Waals surface area contributed by atoms with E-state index in [1.807, 2.05) is 36.4 Å². The molecule has 16 heavy (non-hydrogen) atoms. The van der Waals surface area contributed by atoms with E-state index < -0.39 is 0 Å². The van der Waals surface area contributed by atoms with Crippen LogP contribution in [0.5, 0.6) is 0 Å². The first-order valence-electron chi connectivity index (χ1n) is 4.98. The molecule has 2 aromatic rings. The van der Waals surface area contributed by atoms with Crippen LogP contribution >= 0.6 is 15.9 Å². The van der Waals surface area contributed by atoms with Crippen LogP contribution in [0.2, 0.25) is 0 Å². The van der Waals surface area contributed by atoms with E-state index >= 15 is 0 Å². The largest absolute Gasteiger partial charge is 0.461 e. The van der Waals surface area contributed by atoms with Crippen molar-refractivity contribution in [2.24, 2.45) is 0 Å². The molecule has 0 fully saturated rings. The zero-order chi connectivity index (χ0) is 11.5. The molecule has 0 amide bonds. The molecule has 0 unspecified atom stereocenters. The van der Waals surface area contributed by atoms with Crippen molar-refractivity contribution in [2.45, 2.75) is 13.5 Å². The molecule has 3 heteroatoms. The fraction of sp³-hybridized carbons (Fsp3) is 0.154. The van der Waals surface area contributed by atoms with Crippen LogP contribution in [0.15, 0.2) is 40.9 Å². The van der Waals surface area contributed by atoms with E-state index in [9.17, 15) is 4.79 Å². The van der Waals surface area contributed by atoms with Gasteiger partial charge in [0, 0.05) is 11.4 Å². The van der Waals surface area contributed by atoms with Gasteiger partial charge in [0.25, 0.3) is 0 Å². The summed E-state index contributed by atoms with van der Waals surface area (Å²) in [6, 6.07) is 12.0. The molecule has 0 N–H and O–H groups in total. The number of fused-ring (bicyclic) bond motifs is 1. The predicted molar refractivity (Wildman–Crippen MR) is 67.1 cm³/mol. The number of ether oxygens (including phenoxy) is 1. The molecule has 0 heterocycles. The summed E-state index contributed by atoms with van der Waals surface area (Å²) in [5.74, 6) is -0.257. The van der Waals surface area contributed by atoms with Gasteiger partial charge in [0.15, 0.2) is 0 Å². The fourth-order valence-electron chi connectivity index (χ4n) is 1.63. The Morgan fingerprint density at radius 2 is 1.88 bits per heavy atom. The summed E-state index contributed by atoms with van der Waals surface area (Å²) in [5.41, 5.74) is 1.02. The smallest absolute Gasteiger partial charge is 0.302 e. The lowest BCUT2D eigenvalue weighted by atomic mass is 10.1. The number of carbonyl (C=O) groups is 1. The predicted octanol–water partition coefficient (Wildman–Crippen LogP) is 3.67. The van der Waals surface area contributed by atoms with Crippen LogP contribution in [0.3, 0.4) is 0 Å². The van der Waals surface area contributed by atoms with E-state index in [-0.39, 0.29) is 5.97 Å². The standard InChI is InChI=1S/C13H11BrO2/c1-9(15)16-8-10-6-7-13(14)12-5-3-2-4-11(10)12/h2-7H,8H2,1H3. The molecule has 0 radical (unpaired) electrons. The number of esters is 1. The van der Waals surface area contributed by atoms with Gasteiger partial charge in [0.05, 0.1) is 0 Å². The molecule has 2 aromatic carbocycles. The molecule has 0 atom stereocenters. The minimum absolute atomic E-state index is 0.257. The third-order valence-corrected chi connectivity index (χ3v) is 3.08. The lowest BCUT2D eigenvalue weighted by molar-refractivity contribution is -0.142. The van der Waals surface area contributed by atoms with Crippen molar-refractivity contribution >= 4 is 32.7 Å². The molecule has 0 saturated carbocycles. The summed E-state index contributed by atoms with van der Waals surface area (Å²) in [6.07, 6.45) is 0. The second-order valence-corrected chi connectivity index (χ2v) is 4.39. The van der Waals surface area contributed by atoms with Gasteiger partial charge in [0.2, 0.25) is 0 Å². The number of halogens is 1.